The van der Waals surface area contributed by atoms with Crippen molar-refractivity contribution in [3.05, 3.63) is 22.4 Å². The van der Waals surface area contributed by atoms with Gasteiger partial charge in [0.2, 0.25) is 5.91 Å². The molecule has 16 heavy (non-hydrogen) atoms. The summed E-state index contributed by atoms with van der Waals surface area (Å²) in [6, 6.07) is 3.66. The third-order valence-corrected chi connectivity index (χ3v) is 2.55. The van der Waals surface area contributed by atoms with Crippen molar-refractivity contribution in [2.75, 3.05) is 18.4 Å². The minimum Gasteiger partial charge on any atom is -0.324 e. The number of hydrogen-bond acceptors (Lipinski definition) is 3. The first kappa shape index (κ1) is 13.1. The highest BCUT2D eigenvalue weighted by atomic mass is 79.9. The van der Waals surface area contributed by atoms with Gasteiger partial charge in [-0.3, -0.25) is 4.79 Å². The number of rotatable bonds is 5. The summed E-state index contributed by atoms with van der Waals surface area (Å²) in [5.74, 6) is 0.00757. The minimum atomic E-state index is 0.00757. The maximum atomic E-state index is 11.5. The van der Waals surface area contributed by atoms with E-state index in [0.29, 0.717) is 13.0 Å². The number of nitrogens with one attached hydrogen (secondary N) is 2. The highest BCUT2D eigenvalue weighted by Crippen LogP contribution is 2.16. The van der Waals surface area contributed by atoms with Crippen molar-refractivity contribution in [1.82, 2.24) is 10.3 Å². The van der Waals surface area contributed by atoms with Gasteiger partial charge < -0.3 is 10.6 Å². The van der Waals surface area contributed by atoms with Gasteiger partial charge >= 0.3 is 0 Å². The van der Waals surface area contributed by atoms with Crippen LogP contribution in [-0.2, 0) is 4.79 Å². The SMILES string of the molecule is CCNCCC(=O)Nc1ccc(Br)nc1C. The Hall–Kier alpha value is -0.940. The zero-order valence-electron chi connectivity index (χ0n) is 9.51. The Labute approximate surface area is 104 Å². The fourth-order valence-corrected chi connectivity index (χ4v) is 1.65. The maximum Gasteiger partial charge on any atom is 0.225 e. The van der Waals surface area contributed by atoms with Gasteiger partial charge in [-0.1, -0.05) is 6.92 Å². The molecule has 5 heteroatoms. The Kier molecular flexibility index (Phi) is 5.42. The van der Waals surface area contributed by atoms with Crippen molar-refractivity contribution in [2.45, 2.75) is 20.3 Å². The average Bonchev–Trinajstić information content (AvgIpc) is 2.23. The van der Waals surface area contributed by atoms with E-state index in [9.17, 15) is 4.79 Å². The molecule has 0 atom stereocenters. The second-order valence-electron chi connectivity index (χ2n) is 3.42. The molecule has 0 spiro atoms. The fraction of sp³-hybridized carbons (Fsp3) is 0.455. The number of hydrogen-bond donors (Lipinski definition) is 2. The van der Waals surface area contributed by atoms with Crippen LogP contribution in [0.25, 0.3) is 0 Å². The number of carbonyl (C=O) groups is 1. The predicted octanol–water partition coefficient (Wildman–Crippen LogP) is 2.09. The molecule has 88 valence electrons. The molecule has 0 saturated heterocycles. The second kappa shape index (κ2) is 6.60. The molecule has 0 saturated carbocycles. The summed E-state index contributed by atoms with van der Waals surface area (Å²) in [6.45, 7) is 5.46. The van der Waals surface area contributed by atoms with E-state index < -0.39 is 0 Å². The molecule has 1 aromatic heterocycles. The lowest BCUT2D eigenvalue weighted by Crippen LogP contribution is -2.21. The molecule has 1 rings (SSSR count). The van der Waals surface area contributed by atoms with Crippen molar-refractivity contribution in [1.29, 1.82) is 0 Å². The monoisotopic (exact) mass is 285 g/mol. The number of nitrogens with zero attached hydrogens (tertiary/aromatic N) is 1. The smallest absolute Gasteiger partial charge is 0.225 e. The van der Waals surface area contributed by atoms with Crippen LogP contribution in [0.5, 0.6) is 0 Å². The third-order valence-electron chi connectivity index (χ3n) is 2.10. The standard InChI is InChI=1S/C11H16BrN3O/c1-3-13-7-6-11(16)15-9-4-5-10(12)14-8(9)2/h4-5,13H,3,6-7H2,1-2H3,(H,15,16). The first-order valence-corrected chi connectivity index (χ1v) is 6.06. The molecule has 0 aliphatic rings. The number of aryl methyl sites for hydroxylation is 1. The highest BCUT2D eigenvalue weighted by Gasteiger charge is 2.05. The van der Waals surface area contributed by atoms with Crippen LogP contribution in [0.4, 0.5) is 5.69 Å². The van der Waals surface area contributed by atoms with Gasteiger partial charge in [0.15, 0.2) is 0 Å². The number of amides is 1. The Morgan fingerprint density at radius 3 is 2.88 bits per heavy atom. The van der Waals surface area contributed by atoms with Gasteiger partial charge in [-0.2, -0.15) is 0 Å². The van der Waals surface area contributed by atoms with Crippen LogP contribution in [0.15, 0.2) is 16.7 Å². The molecule has 0 aliphatic heterocycles. The number of carbonyl (C=O) groups excluding carboxylic acids is 1. The highest BCUT2D eigenvalue weighted by molar-refractivity contribution is 9.10. The van der Waals surface area contributed by atoms with Gasteiger partial charge in [0.1, 0.15) is 4.60 Å². The van der Waals surface area contributed by atoms with Crippen molar-refractivity contribution < 1.29 is 4.79 Å². The molecule has 1 amide bonds. The largest absolute Gasteiger partial charge is 0.324 e. The van der Waals surface area contributed by atoms with E-state index in [1.165, 1.54) is 0 Å². The van der Waals surface area contributed by atoms with Gasteiger partial charge in [-0.15, -0.1) is 0 Å². The van der Waals surface area contributed by atoms with Crippen LogP contribution < -0.4 is 10.6 Å². The maximum absolute atomic E-state index is 11.5. The molecule has 0 unspecified atom stereocenters. The molecular weight excluding hydrogens is 270 g/mol. The first-order chi connectivity index (χ1) is 7.63. The van der Waals surface area contributed by atoms with Crippen LogP contribution in [-0.4, -0.2) is 24.0 Å². The topological polar surface area (TPSA) is 54.0 Å². The van der Waals surface area contributed by atoms with E-state index in [2.05, 4.69) is 31.5 Å². The molecule has 1 aromatic rings. The Morgan fingerprint density at radius 2 is 2.25 bits per heavy atom. The molecule has 2 N–H and O–H groups in total. The second-order valence-corrected chi connectivity index (χ2v) is 4.23. The fourth-order valence-electron chi connectivity index (χ4n) is 1.25. The van der Waals surface area contributed by atoms with Crippen molar-refractivity contribution in [3.8, 4) is 0 Å². The third kappa shape index (κ3) is 4.28. The normalized spacial score (nSPS) is 10.2. The summed E-state index contributed by atoms with van der Waals surface area (Å²) in [5, 5.41) is 5.94. The van der Waals surface area contributed by atoms with Gasteiger partial charge in [-0.25, -0.2) is 4.98 Å². The summed E-state index contributed by atoms with van der Waals surface area (Å²) in [5.41, 5.74) is 1.58. The van der Waals surface area contributed by atoms with Gasteiger partial charge in [0.05, 0.1) is 11.4 Å². The van der Waals surface area contributed by atoms with Crippen LogP contribution in [0, 0.1) is 6.92 Å². The quantitative estimate of drug-likeness (QED) is 0.643. The van der Waals surface area contributed by atoms with Gasteiger partial charge in [0, 0.05) is 13.0 Å². The zero-order valence-corrected chi connectivity index (χ0v) is 11.1. The van der Waals surface area contributed by atoms with E-state index in [-0.39, 0.29) is 5.91 Å². The Morgan fingerprint density at radius 1 is 1.50 bits per heavy atom. The predicted molar refractivity (Wildman–Crippen MR) is 68.5 cm³/mol. The van der Waals surface area contributed by atoms with Crippen molar-refractivity contribution >= 4 is 27.5 Å². The lowest BCUT2D eigenvalue weighted by molar-refractivity contribution is -0.116. The molecule has 0 radical (unpaired) electrons. The molecule has 1 heterocycles. The molecule has 4 nitrogen and oxygen atoms in total. The number of aromatic nitrogens is 1. The lowest BCUT2D eigenvalue weighted by atomic mass is 10.3. The lowest BCUT2D eigenvalue weighted by Gasteiger charge is -2.08. The van der Waals surface area contributed by atoms with Gasteiger partial charge in [0.25, 0.3) is 0 Å². The van der Waals surface area contributed by atoms with Crippen LogP contribution in [0.1, 0.15) is 19.0 Å². The molecular formula is C11H16BrN3O. The van der Waals surface area contributed by atoms with E-state index >= 15 is 0 Å². The first-order valence-electron chi connectivity index (χ1n) is 5.27. The summed E-state index contributed by atoms with van der Waals surface area (Å²) in [4.78, 5) is 15.7. The summed E-state index contributed by atoms with van der Waals surface area (Å²) in [6.07, 6.45) is 0.476. The van der Waals surface area contributed by atoms with Crippen LogP contribution in [0.2, 0.25) is 0 Å². The number of halogens is 1. The van der Waals surface area contributed by atoms with E-state index in [1.54, 1.807) is 0 Å². The van der Waals surface area contributed by atoms with Crippen LogP contribution in [0.3, 0.4) is 0 Å². The van der Waals surface area contributed by atoms with E-state index in [4.69, 9.17) is 0 Å². The molecule has 0 fully saturated rings. The zero-order chi connectivity index (χ0) is 12.0. The van der Waals surface area contributed by atoms with Crippen LogP contribution >= 0.6 is 15.9 Å². The Balaban J connectivity index is 2.49. The van der Waals surface area contributed by atoms with Crippen molar-refractivity contribution in [3.63, 3.8) is 0 Å². The van der Waals surface area contributed by atoms with Crippen molar-refractivity contribution in [2.24, 2.45) is 0 Å². The number of anilines is 1. The van der Waals surface area contributed by atoms with Gasteiger partial charge in [-0.05, 0) is 41.5 Å². The number of pyridine rings is 1. The Bertz CT molecular complexity index is 368. The molecule has 0 aliphatic carbocycles. The average molecular weight is 286 g/mol. The summed E-state index contributed by atoms with van der Waals surface area (Å²) in [7, 11) is 0. The van der Waals surface area contributed by atoms with E-state index in [1.807, 2.05) is 26.0 Å². The summed E-state index contributed by atoms with van der Waals surface area (Å²) < 4.78 is 0.774. The minimum absolute atomic E-state index is 0.00757. The van der Waals surface area contributed by atoms with E-state index in [0.717, 1.165) is 22.5 Å². The molecule has 0 aromatic carbocycles. The molecule has 0 bridgehead atoms. The summed E-state index contributed by atoms with van der Waals surface area (Å²) >= 11 is 3.28.